The fourth-order valence-electron chi connectivity index (χ4n) is 2.51. The Morgan fingerprint density at radius 1 is 1.22 bits per heavy atom. The van der Waals surface area contributed by atoms with E-state index in [0.29, 0.717) is 0 Å². The molecule has 4 rings (SSSR count). The molecule has 3 heterocycles. The molecule has 0 atom stereocenters. The second-order valence-electron chi connectivity index (χ2n) is 5.18. The van der Waals surface area contributed by atoms with Crippen LogP contribution in [-0.4, -0.2) is 20.4 Å². The molecule has 5 nitrogen and oxygen atoms in total. The minimum Gasteiger partial charge on any atom is -0.361 e. The molecule has 4 aromatic rings. The molecule has 0 aliphatic rings. The summed E-state index contributed by atoms with van der Waals surface area (Å²) in [6.07, 6.45) is 6.01. The average Bonchev–Trinajstić information content (AvgIpc) is 3.28. The Bertz CT molecular complexity index is 952. The van der Waals surface area contributed by atoms with Crippen molar-refractivity contribution in [1.82, 2.24) is 14.5 Å². The molecule has 1 amide bonds. The summed E-state index contributed by atoms with van der Waals surface area (Å²) in [5.41, 5.74) is 2.60. The lowest BCUT2D eigenvalue weighted by Gasteiger charge is -2.05. The summed E-state index contributed by atoms with van der Waals surface area (Å²) in [6.45, 7) is 0. The predicted octanol–water partition coefficient (Wildman–Crippen LogP) is 3.60. The lowest BCUT2D eigenvalue weighted by Crippen LogP contribution is -2.14. The van der Waals surface area contributed by atoms with E-state index < -0.39 is 0 Å². The van der Waals surface area contributed by atoms with E-state index in [4.69, 9.17) is 0 Å². The molecule has 1 aromatic carbocycles. The van der Waals surface area contributed by atoms with Crippen LogP contribution >= 0.6 is 11.3 Å². The number of nitrogens with one attached hydrogen (secondary N) is 2. The zero-order valence-electron chi connectivity index (χ0n) is 12.2. The van der Waals surface area contributed by atoms with E-state index in [-0.39, 0.29) is 12.3 Å². The van der Waals surface area contributed by atoms with Gasteiger partial charge in [0.2, 0.25) is 5.91 Å². The third kappa shape index (κ3) is 2.76. The molecule has 0 unspecified atom stereocenters. The lowest BCUT2D eigenvalue weighted by atomic mass is 10.2. The number of rotatable bonds is 4. The third-order valence-corrected chi connectivity index (χ3v) is 4.48. The van der Waals surface area contributed by atoms with E-state index in [1.54, 1.807) is 0 Å². The highest BCUT2D eigenvalue weighted by Crippen LogP contribution is 2.22. The molecule has 0 spiro atoms. The average molecular weight is 322 g/mol. The monoisotopic (exact) mass is 322 g/mol. The molecule has 23 heavy (non-hydrogen) atoms. The number of carbonyl (C=O) groups excluding carboxylic acids is 1. The molecular formula is C17H14N4OS. The minimum atomic E-state index is -0.0666. The summed E-state index contributed by atoms with van der Waals surface area (Å²) in [5, 5.41) is 6.76. The smallest absolute Gasteiger partial charge is 0.230 e. The van der Waals surface area contributed by atoms with Crippen molar-refractivity contribution in [2.45, 2.75) is 6.42 Å². The van der Waals surface area contributed by atoms with E-state index in [0.717, 1.165) is 27.4 Å². The second-order valence-corrected chi connectivity index (χ2v) is 6.02. The van der Waals surface area contributed by atoms with Gasteiger partial charge in [-0.25, -0.2) is 4.98 Å². The molecule has 2 N–H and O–H groups in total. The van der Waals surface area contributed by atoms with Gasteiger partial charge < -0.3 is 14.9 Å². The lowest BCUT2D eigenvalue weighted by molar-refractivity contribution is -0.115. The molecule has 3 aromatic heterocycles. The van der Waals surface area contributed by atoms with Gasteiger partial charge in [0.1, 0.15) is 0 Å². The van der Waals surface area contributed by atoms with Crippen LogP contribution in [0.15, 0.2) is 60.4 Å². The van der Waals surface area contributed by atoms with Crippen LogP contribution in [0.2, 0.25) is 0 Å². The Balaban J connectivity index is 1.49. The summed E-state index contributed by atoms with van der Waals surface area (Å²) in [6, 6.07) is 11.7. The standard InChI is InChI=1S/C17H14N4OS/c22-16(20-15-5-3-4-14-13(15)6-7-18-14)10-12-11-23-17(19-12)21-8-1-2-9-21/h1-9,11,18H,10H2,(H,20,22). The number of benzene rings is 1. The quantitative estimate of drug-likeness (QED) is 0.603. The maximum absolute atomic E-state index is 12.3. The van der Waals surface area contributed by atoms with Gasteiger partial charge in [-0.2, -0.15) is 0 Å². The zero-order valence-corrected chi connectivity index (χ0v) is 13.0. The van der Waals surface area contributed by atoms with Crippen molar-refractivity contribution in [2.75, 3.05) is 5.32 Å². The number of aromatic amines is 1. The molecule has 0 bridgehead atoms. The fourth-order valence-corrected chi connectivity index (χ4v) is 3.30. The van der Waals surface area contributed by atoms with Crippen molar-refractivity contribution >= 4 is 33.8 Å². The molecule has 6 heteroatoms. The van der Waals surface area contributed by atoms with Gasteiger partial charge in [-0.1, -0.05) is 6.07 Å². The highest BCUT2D eigenvalue weighted by molar-refractivity contribution is 7.12. The Morgan fingerprint density at radius 2 is 2.09 bits per heavy atom. The number of carbonyl (C=O) groups is 1. The maximum atomic E-state index is 12.3. The van der Waals surface area contributed by atoms with Gasteiger partial charge in [0.25, 0.3) is 0 Å². The molecule has 0 fully saturated rings. The molecule has 0 saturated carbocycles. The number of hydrogen-bond donors (Lipinski definition) is 2. The van der Waals surface area contributed by atoms with Gasteiger partial charge in [-0.05, 0) is 30.3 Å². The summed E-state index contributed by atoms with van der Waals surface area (Å²) >= 11 is 1.53. The van der Waals surface area contributed by atoms with Crippen molar-refractivity contribution in [3.63, 3.8) is 0 Å². The Labute approximate surface area is 136 Å². The highest BCUT2D eigenvalue weighted by atomic mass is 32.1. The van der Waals surface area contributed by atoms with Crippen molar-refractivity contribution in [3.05, 3.63) is 66.1 Å². The topological polar surface area (TPSA) is 62.7 Å². The number of aromatic nitrogens is 3. The number of thiazole rings is 1. The predicted molar refractivity (Wildman–Crippen MR) is 92.1 cm³/mol. The van der Waals surface area contributed by atoms with Gasteiger partial charge in [0, 0.05) is 34.9 Å². The van der Waals surface area contributed by atoms with Crippen LogP contribution < -0.4 is 5.32 Å². The fraction of sp³-hybridized carbons (Fsp3) is 0.0588. The SMILES string of the molecule is O=C(Cc1csc(-n2cccc2)n1)Nc1cccc2[nH]ccc12. The van der Waals surface area contributed by atoms with Crippen molar-refractivity contribution in [3.8, 4) is 5.13 Å². The molecule has 0 aliphatic carbocycles. The zero-order chi connectivity index (χ0) is 15.6. The van der Waals surface area contributed by atoms with Crippen LogP contribution in [0, 0.1) is 0 Å². The number of hydrogen-bond acceptors (Lipinski definition) is 3. The number of amides is 1. The van der Waals surface area contributed by atoms with E-state index in [2.05, 4.69) is 15.3 Å². The van der Waals surface area contributed by atoms with Crippen LogP contribution in [0.25, 0.3) is 16.0 Å². The first kappa shape index (κ1) is 13.8. The van der Waals surface area contributed by atoms with E-state index in [1.807, 2.05) is 64.9 Å². The summed E-state index contributed by atoms with van der Waals surface area (Å²) in [5.74, 6) is -0.0666. The van der Waals surface area contributed by atoms with Gasteiger partial charge in [-0.3, -0.25) is 4.79 Å². The van der Waals surface area contributed by atoms with E-state index in [9.17, 15) is 4.79 Å². The summed E-state index contributed by atoms with van der Waals surface area (Å²) in [4.78, 5) is 19.9. The number of nitrogens with zero attached hydrogens (tertiary/aromatic N) is 2. The van der Waals surface area contributed by atoms with Gasteiger partial charge in [-0.15, -0.1) is 11.3 Å². The molecule has 0 saturated heterocycles. The van der Waals surface area contributed by atoms with Crippen LogP contribution in [0.4, 0.5) is 5.69 Å². The molecule has 0 aliphatic heterocycles. The van der Waals surface area contributed by atoms with Crippen molar-refractivity contribution < 1.29 is 4.79 Å². The number of H-pyrrole nitrogens is 1. The first-order chi connectivity index (χ1) is 11.3. The van der Waals surface area contributed by atoms with E-state index >= 15 is 0 Å². The number of fused-ring (bicyclic) bond motifs is 1. The van der Waals surface area contributed by atoms with Crippen molar-refractivity contribution in [1.29, 1.82) is 0 Å². The Kier molecular flexibility index (Phi) is 3.44. The van der Waals surface area contributed by atoms with Crippen LogP contribution in [0.3, 0.4) is 0 Å². The van der Waals surface area contributed by atoms with Gasteiger partial charge >= 0.3 is 0 Å². The summed E-state index contributed by atoms with van der Waals surface area (Å²) in [7, 11) is 0. The molecule has 114 valence electrons. The first-order valence-corrected chi connectivity index (χ1v) is 8.11. The Hall–Kier alpha value is -2.86. The third-order valence-electron chi connectivity index (χ3n) is 3.58. The largest absolute Gasteiger partial charge is 0.361 e. The van der Waals surface area contributed by atoms with Crippen LogP contribution in [0.5, 0.6) is 0 Å². The highest BCUT2D eigenvalue weighted by Gasteiger charge is 2.10. The minimum absolute atomic E-state index is 0.0666. The molecular weight excluding hydrogens is 308 g/mol. The Morgan fingerprint density at radius 3 is 2.96 bits per heavy atom. The van der Waals surface area contributed by atoms with Crippen LogP contribution in [0.1, 0.15) is 5.69 Å². The summed E-state index contributed by atoms with van der Waals surface area (Å²) < 4.78 is 1.94. The number of anilines is 1. The first-order valence-electron chi connectivity index (χ1n) is 7.23. The van der Waals surface area contributed by atoms with Crippen LogP contribution in [-0.2, 0) is 11.2 Å². The van der Waals surface area contributed by atoms with Crippen molar-refractivity contribution in [2.24, 2.45) is 0 Å². The molecule has 0 radical (unpaired) electrons. The maximum Gasteiger partial charge on any atom is 0.230 e. The van der Waals surface area contributed by atoms with Gasteiger partial charge in [0.15, 0.2) is 5.13 Å². The second kappa shape index (κ2) is 5.73. The van der Waals surface area contributed by atoms with Gasteiger partial charge in [0.05, 0.1) is 17.8 Å². The van der Waals surface area contributed by atoms with E-state index in [1.165, 1.54) is 11.3 Å². The normalized spacial score (nSPS) is 11.0.